The van der Waals surface area contributed by atoms with Gasteiger partial charge in [-0.2, -0.15) is 4.99 Å². The fraction of sp³-hybridized carbons (Fsp3) is 0.238. The second kappa shape index (κ2) is 6.67. The Morgan fingerprint density at radius 1 is 1.19 bits per heavy atom. The average Bonchev–Trinajstić information content (AvgIpc) is 2.81. The van der Waals surface area contributed by atoms with Crippen LogP contribution in [-0.4, -0.2) is 16.8 Å². The molecule has 5 heteroatoms. The molecule has 1 aliphatic rings. The zero-order valence-corrected chi connectivity index (χ0v) is 15.4. The molecule has 5 nitrogen and oxygen atoms in total. The van der Waals surface area contributed by atoms with Crippen molar-refractivity contribution in [3.8, 4) is 5.75 Å². The third kappa shape index (κ3) is 3.20. The van der Waals surface area contributed by atoms with Crippen LogP contribution in [0.15, 0.2) is 47.1 Å². The van der Waals surface area contributed by atoms with Gasteiger partial charge in [0.25, 0.3) is 5.91 Å². The molecule has 0 unspecified atom stereocenters. The second-order valence-corrected chi connectivity index (χ2v) is 6.85. The number of carbonyl (C=O) groups is 1. The Labute approximate surface area is 153 Å². The molecule has 0 aliphatic carbocycles. The number of phenols is 1. The summed E-state index contributed by atoms with van der Waals surface area (Å²) in [4.78, 5) is 18.4. The van der Waals surface area contributed by atoms with Gasteiger partial charge in [0.1, 0.15) is 17.3 Å². The van der Waals surface area contributed by atoms with E-state index in [0.717, 1.165) is 22.4 Å². The summed E-state index contributed by atoms with van der Waals surface area (Å²) in [5.74, 6) is 0.742. The summed E-state index contributed by atoms with van der Waals surface area (Å²) in [6.45, 7) is 7.76. The van der Waals surface area contributed by atoms with Gasteiger partial charge in [0.2, 0.25) is 0 Å². The summed E-state index contributed by atoms with van der Waals surface area (Å²) in [6.07, 6.45) is 1.79. The molecule has 0 spiro atoms. The van der Waals surface area contributed by atoms with Crippen LogP contribution in [0.4, 0.5) is 11.4 Å². The summed E-state index contributed by atoms with van der Waals surface area (Å²) in [5.41, 5.74) is 10.3. The quantitative estimate of drug-likeness (QED) is 0.642. The van der Waals surface area contributed by atoms with E-state index in [2.05, 4.69) is 4.99 Å². The fourth-order valence-corrected chi connectivity index (χ4v) is 3.16. The van der Waals surface area contributed by atoms with Gasteiger partial charge in [0, 0.05) is 5.69 Å². The van der Waals surface area contributed by atoms with Crippen molar-refractivity contribution < 1.29 is 9.90 Å². The average molecular weight is 349 g/mol. The maximum Gasteiger partial charge on any atom is 0.295 e. The molecule has 0 bridgehead atoms. The predicted molar refractivity (Wildman–Crippen MR) is 106 cm³/mol. The number of phenolic OH excluding ortho intramolecular Hbond substituents is 1. The number of amides is 1. The lowest BCUT2D eigenvalue weighted by atomic mass is 9.98. The highest BCUT2D eigenvalue weighted by molar-refractivity contribution is 6.22. The van der Waals surface area contributed by atoms with Crippen molar-refractivity contribution in [3.05, 3.63) is 58.8 Å². The number of nitrogens with zero attached hydrogens (tertiary/aromatic N) is 2. The van der Waals surface area contributed by atoms with E-state index in [1.807, 2.05) is 49.9 Å². The van der Waals surface area contributed by atoms with Gasteiger partial charge in [-0.05, 0) is 66.8 Å². The number of anilines is 2. The molecular weight excluding hydrogens is 326 g/mol. The normalized spacial score (nSPS) is 15.9. The van der Waals surface area contributed by atoms with Crippen molar-refractivity contribution in [2.75, 3.05) is 10.6 Å². The summed E-state index contributed by atoms with van der Waals surface area (Å²) < 4.78 is 0. The third-order valence-electron chi connectivity index (χ3n) is 4.47. The van der Waals surface area contributed by atoms with E-state index in [-0.39, 0.29) is 17.6 Å². The van der Waals surface area contributed by atoms with Crippen LogP contribution in [0.5, 0.6) is 5.75 Å². The number of nitrogens with two attached hydrogens (primary N) is 1. The Balaban J connectivity index is 2.14. The van der Waals surface area contributed by atoms with Gasteiger partial charge < -0.3 is 10.8 Å². The van der Waals surface area contributed by atoms with Crippen molar-refractivity contribution in [2.24, 2.45) is 4.99 Å². The van der Waals surface area contributed by atoms with Gasteiger partial charge in [0.05, 0.1) is 5.69 Å². The minimum atomic E-state index is -0.288. The molecule has 1 aliphatic heterocycles. The lowest BCUT2D eigenvalue weighted by Crippen LogP contribution is -2.25. The van der Waals surface area contributed by atoms with E-state index in [9.17, 15) is 9.90 Å². The van der Waals surface area contributed by atoms with Crippen molar-refractivity contribution in [1.82, 2.24) is 0 Å². The largest absolute Gasteiger partial charge is 0.508 e. The van der Waals surface area contributed by atoms with Gasteiger partial charge in [-0.15, -0.1) is 0 Å². The molecule has 3 rings (SSSR count). The highest BCUT2D eigenvalue weighted by Gasteiger charge is 2.30. The number of rotatable bonds is 3. The zero-order valence-electron chi connectivity index (χ0n) is 15.4. The molecule has 0 saturated carbocycles. The molecule has 0 aromatic heterocycles. The van der Waals surface area contributed by atoms with Crippen molar-refractivity contribution in [1.29, 1.82) is 0 Å². The Hall–Kier alpha value is -3.08. The molecule has 2 aromatic rings. The summed E-state index contributed by atoms with van der Waals surface area (Å²) in [5, 5.41) is 10.2. The van der Waals surface area contributed by atoms with E-state index in [0.29, 0.717) is 17.2 Å². The second-order valence-electron chi connectivity index (χ2n) is 6.85. The molecule has 1 heterocycles. The van der Waals surface area contributed by atoms with E-state index >= 15 is 0 Å². The minimum absolute atomic E-state index is 0.159. The predicted octanol–water partition coefficient (Wildman–Crippen LogP) is 4.21. The third-order valence-corrected chi connectivity index (χ3v) is 4.47. The van der Waals surface area contributed by atoms with Crippen molar-refractivity contribution in [2.45, 2.75) is 33.6 Å². The number of hydrogen-bond acceptors (Lipinski definition) is 4. The maximum absolute atomic E-state index is 12.5. The van der Waals surface area contributed by atoms with E-state index < -0.39 is 0 Å². The van der Waals surface area contributed by atoms with Gasteiger partial charge in [-0.25, -0.2) is 0 Å². The lowest BCUT2D eigenvalue weighted by Gasteiger charge is -2.24. The van der Waals surface area contributed by atoms with Crippen LogP contribution in [-0.2, 0) is 4.79 Å². The standard InChI is InChI=1S/C21H23N3O2/c1-12(2)17-11-18(13(3)8-20(17)25)24-14(4)23-21(26)19(24)10-15-6-5-7-16(22)9-15/h5-12,25H,22H2,1-4H3. The van der Waals surface area contributed by atoms with Crippen molar-refractivity contribution in [3.63, 3.8) is 0 Å². The molecule has 2 aromatic carbocycles. The lowest BCUT2D eigenvalue weighted by molar-refractivity contribution is -0.113. The number of nitrogen functional groups attached to an aromatic ring is 1. The van der Waals surface area contributed by atoms with Gasteiger partial charge in [-0.3, -0.25) is 9.69 Å². The first-order valence-corrected chi connectivity index (χ1v) is 8.58. The molecule has 3 N–H and O–H groups in total. The summed E-state index contributed by atoms with van der Waals surface area (Å²) >= 11 is 0. The molecule has 0 radical (unpaired) electrons. The number of amidine groups is 1. The Morgan fingerprint density at radius 3 is 2.58 bits per heavy atom. The molecule has 0 atom stereocenters. The molecule has 1 amide bonds. The molecule has 26 heavy (non-hydrogen) atoms. The molecule has 0 saturated heterocycles. The van der Waals surface area contributed by atoms with Crippen LogP contribution in [0.3, 0.4) is 0 Å². The SMILES string of the molecule is CC1=NC(=O)C(=Cc2cccc(N)c2)N1c1cc(C(C)C)c(O)cc1C. The van der Waals surface area contributed by atoms with Gasteiger partial charge in [0.15, 0.2) is 0 Å². The minimum Gasteiger partial charge on any atom is -0.508 e. The zero-order chi connectivity index (χ0) is 19.0. The highest BCUT2D eigenvalue weighted by Crippen LogP contribution is 2.36. The van der Waals surface area contributed by atoms with Crippen LogP contribution in [0.2, 0.25) is 0 Å². The fourth-order valence-electron chi connectivity index (χ4n) is 3.16. The smallest absolute Gasteiger partial charge is 0.295 e. The molecule has 134 valence electrons. The van der Waals surface area contributed by atoms with Crippen LogP contribution in [0.1, 0.15) is 43.4 Å². The van der Waals surface area contributed by atoms with Crippen LogP contribution >= 0.6 is 0 Å². The van der Waals surface area contributed by atoms with Crippen molar-refractivity contribution >= 4 is 29.2 Å². The monoisotopic (exact) mass is 349 g/mol. The first-order valence-electron chi connectivity index (χ1n) is 8.58. The van der Waals surface area contributed by atoms with Gasteiger partial charge in [-0.1, -0.05) is 26.0 Å². The number of aromatic hydroxyl groups is 1. The highest BCUT2D eigenvalue weighted by atomic mass is 16.3. The van der Waals surface area contributed by atoms with E-state index in [4.69, 9.17) is 5.73 Å². The Morgan fingerprint density at radius 2 is 1.92 bits per heavy atom. The maximum atomic E-state index is 12.5. The van der Waals surface area contributed by atoms with E-state index in [1.54, 1.807) is 25.1 Å². The van der Waals surface area contributed by atoms with Crippen LogP contribution in [0.25, 0.3) is 6.08 Å². The first kappa shape index (κ1) is 17.7. The number of hydrogen-bond donors (Lipinski definition) is 2. The number of benzene rings is 2. The van der Waals surface area contributed by atoms with Crippen LogP contribution in [0, 0.1) is 6.92 Å². The Bertz CT molecular complexity index is 942. The van der Waals surface area contributed by atoms with Crippen LogP contribution < -0.4 is 10.6 Å². The van der Waals surface area contributed by atoms with Gasteiger partial charge >= 0.3 is 0 Å². The summed E-state index contributed by atoms with van der Waals surface area (Å²) in [6, 6.07) is 11.0. The number of aryl methyl sites for hydroxylation is 1. The molecule has 0 fully saturated rings. The summed E-state index contributed by atoms with van der Waals surface area (Å²) in [7, 11) is 0. The van der Waals surface area contributed by atoms with E-state index in [1.165, 1.54) is 0 Å². The number of carbonyl (C=O) groups excluding carboxylic acids is 1. The topological polar surface area (TPSA) is 78.9 Å². The number of aliphatic imine (C=N–C) groups is 1. The first-order chi connectivity index (χ1) is 12.3. The molecular formula is C21H23N3O2. The Kier molecular flexibility index (Phi) is 4.55.